The predicted octanol–water partition coefficient (Wildman–Crippen LogP) is 3.40. The van der Waals surface area contributed by atoms with Gasteiger partial charge in [0.1, 0.15) is 0 Å². The molecular formula is C21H19N3O3. The molecule has 0 spiro atoms. The number of nitrogens with zero attached hydrogens (tertiary/aromatic N) is 2. The fourth-order valence-electron chi connectivity index (χ4n) is 3.46. The monoisotopic (exact) mass is 361 g/mol. The van der Waals surface area contributed by atoms with Gasteiger partial charge in [0.25, 0.3) is 5.91 Å². The highest BCUT2D eigenvalue weighted by molar-refractivity contribution is 5.97. The van der Waals surface area contributed by atoms with E-state index < -0.39 is 5.91 Å². The molecule has 0 bridgehead atoms. The first-order valence-corrected chi connectivity index (χ1v) is 8.75. The number of urea groups is 1. The minimum atomic E-state index is -0.577. The maximum Gasteiger partial charge on any atom is 0.324 e. The molecule has 6 nitrogen and oxygen atoms in total. The fourth-order valence-corrected chi connectivity index (χ4v) is 3.46. The van der Waals surface area contributed by atoms with Crippen LogP contribution in [0.1, 0.15) is 15.9 Å². The number of hydrogen-bond donors (Lipinski definition) is 2. The second kappa shape index (κ2) is 7.09. The minimum absolute atomic E-state index is 0.0534. The summed E-state index contributed by atoms with van der Waals surface area (Å²) >= 11 is 0. The van der Waals surface area contributed by atoms with Gasteiger partial charge in [0, 0.05) is 30.9 Å². The third kappa shape index (κ3) is 3.22. The van der Waals surface area contributed by atoms with Crippen molar-refractivity contribution in [1.82, 2.24) is 10.4 Å². The molecule has 3 aromatic rings. The lowest BCUT2D eigenvalue weighted by Crippen LogP contribution is -2.31. The zero-order chi connectivity index (χ0) is 18.8. The first-order valence-electron chi connectivity index (χ1n) is 8.75. The van der Waals surface area contributed by atoms with E-state index in [1.54, 1.807) is 34.6 Å². The van der Waals surface area contributed by atoms with Gasteiger partial charge in [-0.2, -0.15) is 0 Å². The van der Waals surface area contributed by atoms with Gasteiger partial charge in [-0.1, -0.05) is 42.5 Å². The highest BCUT2D eigenvalue weighted by atomic mass is 16.5. The van der Waals surface area contributed by atoms with E-state index in [0.717, 1.165) is 22.0 Å². The zero-order valence-electron chi connectivity index (χ0n) is 14.6. The normalized spacial score (nSPS) is 14.0. The highest BCUT2D eigenvalue weighted by Gasteiger charge is 2.29. The van der Waals surface area contributed by atoms with Crippen molar-refractivity contribution < 1.29 is 14.8 Å². The van der Waals surface area contributed by atoms with Gasteiger partial charge in [-0.3, -0.25) is 14.9 Å². The highest BCUT2D eigenvalue weighted by Crippen LogP contribution is 2.25. The third-order valence-electron chi connectivity index (χ3n) is 4.88. The van der Waals surface area contributed by atoms with Crippen LogP contribution in [0.2, 0.25) is 0 Å². The summed E-state index contributed by atoms with van der Waals surface area (Å²) in [5.74, 6) is -0.577. The zero-order valence-corrected chi connectivity index (χ0v) is 14.6. The largest absolute Gasteiger partial charge is 0.324 e. The van der Waals surface area contributed by atoms with Crippen molar-refractivity contribution >= 4 is 28.4 Å². The standard InChI is InChI=1S/C21H19N3O3/c25-20(22-27)16-8-10-18(11-9-16)24-13-12-23(21(24)26)14-17-6-3-5-15-4-1-2-7-19(15)17/h1-11,27H,12-14H2,(H,22,25). The van der Waals surface area contributed by atoms with E-state index in [9.17, 15) is 9.59 Å². The SMILES string of the molecule is O=C(NO)c1ccc(N2CCN(Cc3cccc4ccccc34)C2=O)cc1. The molecule has 3 aromatic carbocycles. The van der Waals surface area contributed by atoms with Crippen LogP contribution in [0.3, 0.4) is 0 Å². The summed E-state index contributed by atoms with van der Waals surface area (Å²) in [5, 5.41) is 11.0. The number of amides is 3. The van der Waals surface area contributed by atoms with Crippen molar-refractivity contribution in [3.63, 3.8) is 0 Å². The van der Waals surface area contributed by atoms with Crippen molar-refractivity contribution in [2.45, 2.75) is 6.54 Å². The van der Waals surface area contributed by atoms with E-state index in [2.05, 4.69) is 24.3 Å². The number of hydrogen-bond acceptors (Lipinski definition) is 3. The van der Waals surface area contributed by atoms with Gasteiger partial charge in [-0.05, 0) is 40.6 Å². The van der Waals surface area contributed by atoms with Gasteiger partial charge in [0.05, 0.1) is 0 Å². The molecular weight excluding hydrogens is 342 g/mol. The summed E-state index contributed by atoms with van der Waals surface area (Å²) in [6.45, 7) is 1.79. The molecule has 1 aliphatic heterocycles. The van der Waals surface area contributed by atoms with Gasteiger partial charge in [-0.25, -0.2) is 10.3 Å². The second-order valence-electron chi connectivity index (χ2n) is 6.48. The Balaban J connectivity index is 1.52. The van der Waals surface area contributed by atoms with Crippen LogP contribution in [0.25, 0.3) is 10.8 Å². The van der Waals surface area contributed by atoms with E-state index in [1.165, 1.54) is 0 Å². The predicted molar refractivity (Wildman–Crippen MR) is 103 cm³/mol. The average Bonchev–Trinajstić information content (AvgIpc) is 3.08. The smallest absolute Gasteiger partial charge is 0.318 e. The van der Waals surface area contributed by atoms with Crippen LogP contribution >= 0.6 is 0 Å². The summed E-state index contributed by atoms with van der Waals surface area (Å²) in [5.41, 5.74) is 3.79. The second-order valence-corrected chi connectivity index (χ2v) is 6.48. The lowest BCUT2D eigenvalue weighted by molar-refractivity contribution is 0.0706. The molecule has 1 aliphatic rings. The number of nitrogens with one attached hydrogen (secondary N) is 1. The van der Waals surface area contributed by atoms with Crippen LogP contribution in [-0.2, 0) is 6.54 Å². The average molecular weight is 361 g/mol. The lowest BCUT2D eigenvalue weighted by Gasteiger charge is -2.19. The summed E-state index contributed by atoms with van der Waals surface area (Å²) in [7, 11) is 0. The number of carbonyl (C=O) groups excluding carboxylic acids is 2. The minimum Gasteiger partial charge on any atom is -0.318 e. The number of carbonyl (C=O) groups is 2. The number of benzene rings is 3. The van der Waals surface area contributed by atoms with Crippen molar-refractivity contribution in [3.05, 3.63) is 77.9 Å². The van der Waals surface area contributed by atoms with Crippen molar-refractivity contribution in [2.75, 3.05) is 18.0 Å². The molecule has 1 heterocycles. The first kappa shape index (κ1) is 17.1. The molecule has 0 atom stereocenters. The van der Waals surface area contributed by atoms with Crippen molar-refractivity contribution in [2.24, 2.45) is 0 Å². The maximum atomic E-state index is 12.9. The number of hydroxylamine groups is 1. The van der Waals surface area contributed by atoms with Crippen molar-refractivity contribution in [1.29, 1.82) is 0 Å². The Hall–Kier alpha value is -3.38. The number of anilines is 1. The van der Waals surface area contributed by atoms with Gasteiger partial charge in [0.15, 0.2) is 0 Å². The Morgan fingerprint density at radius 1 is 0.963 bits per heavy atom. The molecule has 27 heavy (non-hydrogen) atoms. The van der Waals surface area contributed by atoms with Gasteiger partial charge in [-0.15, -0.1) is 0 Å². The molecule has 1 saturated heterocycles. The van der Waals surface area contributed by atoms with Crippen LogP contribution in [0.5, 0.6) is 0 Å². The molecule has 4 rings (SSSR count). The van der Waals surface area contributed by atoms with Gasteiger partial charge >= 0.3 is 6.03 Å². The van der Waals surface area contributed by atoms with Crippen LogP contribution in [-0.4, -0.2) is 35.1 Å². The summed E-state index contributed by atoms with van der Waals surface area (Å²) in [6, 6.07) is 20.8. The maximum absolute atomic E-state index is 12.9. The van der Waals surface area contributed by atoms with Crippen LogP contribution in [0.15, 0.2) is 66.7 Å². The Labute approximate surface area is 156 Å². The molecule has 2 N–H and O–H groups in total. The number of rotatable bonds is 4. The summed E-state index contributed by atoms with van der Waals surface area (Å²) in [4.78, 5) is 27.8. The van der Waals surface area contributed by atoms with E-state index >= 15 is 0 Å². The molecule has 0 radical (unpaired) electrons. The third-order valence-corrected chi connectivity index (χ3v) is 4.88. The van der Waals surface area contributed by atoms with Crippen LogP contribution in [0, 0.1) is 0 Å². The van der Waals surface area contributed by atoms with Crippen molar-refractivity contribution in [3.8, 4) is 0 Å². The Morgan fingerprint density at radius 2 is 1.70 bits per heavy atom. The molecule has 0 saturated carbocycles. The molecule has 6 heteroatoms. The van der Waals surface area contributed by atoms with E-state index in [0.29, 0.717) is 25.2 Å². The summed E-state index contributed by atoms with van der Waals surface area (Å²) < 4.78 is 0. The molecule has 1 fully saturated rings. The Morgan fingerprint density at radius 3 is 2.48 bits per heavy atom. The first-order chi connectivity index (χ1) is 13.2. The summed E-state index contributed by atoms with van der Waals surface area (Å²) in [6.07, 6.45) is 0. The molecule has 3 amide bonds. The van der Waals surface area contributed by atoms with Crippen LogP contribution in [0.4, 0.5) is 10.5 Å². The quantitative estimate of drug-likeness (QED) is 0.553. The van der Waals surface area contributed by atoms with E-state index in [-0.39, 0.29) is 6.03 Å². The fraction of sp³-hybridized carbons (Fsp3) is 0.143. The Kier molecular flexibility index (Phi) is 4.48. The van der Waals surface area contributed by atoms with Gasteiger partial charge < -0.3 is 4.90 Å². The lowest BCUT2D eigenvalue weighted by atomic mass is 10.0. The topological polar surface area (TPSA) is 72.9 Å². The Bertz CT molecular complexity index is 996. The van der Waals surface area contributed by atoms with E-state index in [1.807, 2.05) is 23.1 Å². The molecule has 0 unspecified atom stereocenters. The van der Waals surface area contributed by atoms with Crippen LogP contribution < -0.4 is 10.4 Å². The molecule has 136 valence electrons. The van der Waals surface area contributed by atoms with Gasteiger partial charge in [0.2, 0.25) is 0 Å². The molecule has 0 aromatic heterocycles. The number of fused-ring (bicyclic) bond motifs is 1. The van der Waals surface area contributed by atoms with E-state index in [4.69, 9.17) is 5.21 Å². The molecule has 0 aliphatic carbocycles.